The minimum Gasteiger partial charge on any atom is -0.396 e. The fraction of sp³-hybridized carbons (Fsp3) is 0.600. The summed E-state index contributed by atoms with van der Waals surface area (Å²) in [6, 6.07) is 2.15. The molecule has 2 aliphatic rings. The Kier molecular flexibility index (Phi) is 3.42. The van der Waals surface area contributed by atoms with Gasteiger partial charge in [0, 0.05) is 19.0 Å². The van der Waals surface area contributed by atoms with Crippen molar-refractivity contribution in [3.8, 4) is 6.07 Å². The minimum atomic E-state index is -0.640. The number of hydrogen-bond acceptors (Lipinski definition) is 6. The molecule has 6 heteroatoms. The average molecular weight is 305 g/mol. The molecule has 0 aromatic carbocycles. The highest BCUT2D eigenvalue weighted by atomic mass is 32.1. The van der Waals surface area contributed by atoms with E-state index >= 15 is 0 Å². The van der Waals surface area contributed by atoms with Crippen LogP contribution in [0.2, 0.25) is 0 Å². The first-order valence-corrected chi connectivity index (χ1v) is 8.08. The van der Waals surface area contributed by atoms with Crippen molar-refractivity contribution in [3.63, 3.8) is 0 Å². The van der Waals surface area contributed by atoms with Gasteiger partial charge in [-0.15, -0.1) is 11.3 Å². The van der Waals surface area contributed by atoms with E-state index in [0.717, 1.165) is 17.8 Å². The number of aliphatic hydroxyl groups is 1. The van der Waals surface area contributed by atoms with Gasteiger partial charge in [0.2, 0.25) is 0 Å². The number of nitrogens with zero attached hydrogens (tertiary/aromatic N) is 2. The zero-order valence-corrected chi connectivity index (χ0v) is 12.9. The molecule has 0 atom stereocenters. The highest BCUT2D eigenvalue weighted by molar-refractivity contribution is 7.19. The van der Waals surface area contributed by atoms with Crippen molar-refractivity contribution in [1.29, 1.82) is 5.26 Å². The highest BCUT2D eigenvalue weighted by Gasteiger charge is 2.36. The van der Waals surface area contributed by atoms with Gasteiger partial charge in [-0.05, 0) is 32.6 Å². The van der Waals surface area contributed by atoms with Crippen LogP contribution in [0.3, 0.4) is 0 Å². The number of nitrogen functional groups attached to an aromatic ring is 1. The fourth-order valence-electron chi connectivity index (χ4n) is 2.67. The predicted molar refractivity (Wildman–Crippen MR) is 82.6 cm³/mol. The SMILES string of the molecule is CC1(O)CCN(c2sc(C(=O)C3CC3)c(N)c2C#N)CC1. The molecule has 1 saturated carbocycles. The molecule has 2 heterocycles. The molecule has 1 aromatic rings. The van der Waals surface area contributed by atoms with Crippen LogP contribution in [0.25, 0.3) is 0 Å². The molecule has 2 fully saturated rings. The van der Waals surface area contributed by atoms with E-state index in [1.165, 1.54) is 11.3 Å². The quantitative estimate of drug-likeness (QED) is 0.835. The van der Waals surface area contributed by atoms with Gasteiger partial charge in [-0.25, -0.2) is 0 Å². The molecule has 0 amide bonds. The number of carbonyl (C=O) groups is 1. The van der Waals surface area contributed by atoms with E-state index in [1.807, 2.05) is 6.92 Å². The Balaban J connectivity index is 1.90. The van der Waals surface area contributed by atoms with Gasteiger partial charge in [0.15, 0.2) is 5.78 Å². The van der Waals surface area contributed by atoms with E-state index < -0.39 is 5.60 Å². The monoisotopic (exact) mass is 305 g/mol. The maximum absolute atomic E-state index is 12.3. The lowest BCUT2D eigenvalue weighted by molar-refractivity contribution is 0.0352. The number of Topliss-reactive ketones (excluding diaryl/α,β-unsaturated/α-hetero) is 1. The summed E-state index contributed by atoms with van der Waals surface area (Å²) in [7, 11) is 0. The standard InChI is InChI=1S/C15H19N3O2S/c1-15(20)4-6-18(7-5-15)14-10(8-16)11(17)13(21-14)12(19)9-2-3-9/h9,20H,2-7,17H2,1H3. The van der Waals surface area contributed by atoms with E-state index in [9.17, 15) is 15.2 Å². The fourth-order valence-corrected chi connectivity index (χ4v) is 3.91. The summed E-state index contributed by atoms with van der Waals surface area (Å²) in [6.45, 7) is 3.19. The Labute approximate surface area is 128 Å². The second-order valence-corrected chi connectivity index (χ2v) is 7.26. The lowest BCUT2D eigenvalue weighted by Crippen LogP contribution is -2.42. The third kappa shape index (κ3) is 2.63. The van der Waals surface area contributed by atoms with Crippen LogP contribution in [0, 0.1) is 17.2 Å². The van der Waals surface area contributed by atoms with Crippen molar-refractivity contribution < 1.29 is 9.90 Å². The summed E-state index contributed by atoms with van der Waals surface area (Å²) < 4.78 is 0. The van der Waals surface area contributed by atoms with Crippen LogP contribution in [0.4, 0.5) is 10.7 Å². The van der Waals surface area contributed by atoms with Crippen LogP contribution < -0.4 is 10.6 Å². The molecular weight excluding hydrogens is 286 g/mol. The second kappa shape index (κ2) is 5.00. The normalized spacial score (nSPS) is 21.1. The molecule has 0 bridgehead atoms. The zero-order valence-electron chi connectivity index (χ0n) is 12.1. The number of rotatable bonds is 3. The van der Waals surface area contributed by atoms with Crippen LogP contribution in [0.15, 0.2) is 0 Å². The Hall–Kier alpha value is -1.58. The van der Waals surface area contributed by atoms with Crippen molar-refractivity contribution >= 4 is 27.8 Å². The summed E-state index contributed by atoms with van der Waals surface area (Å²) in [5.41, 5.74) is 6.15. The highest BCUT2D eigenvalue weighted by Crippen LogP contribution is 2.43. The smallest absolute Gasteiger partial charge is 0.178 e. The van der Waals surface area contributed by atoms with Crippen LogP contribution in [-0.4, -0.2) is 29.6 Å². The largest absolute Gasteiger partial charge is 0.396 e. The number of nitrogens with two attached hydrogens (primary N) is 1. The van der Waals surface area contributed by atoms with Crippen LogP contribution in [-0.2, 0) is 0 Å². The van der Waals surface area contributed by atoms with Gasteiger partial charge in [0.05, 0.1) is 16.2 Å². The summed E-state index contributed by atoms with van der Waals surface area (Å²) in [6.07, 6.45) is 3.17. The Morgan fingerprint density at radius 2 is 2.10 bits per heavy atom. The molecule has 0 unspecified atom stereocenters. The Bertz CT molecular complexity index is 616. The summed E-state index contributed by atoms with van der Waals surface area (Å²) in [5.74, 6) is 0.191. The molecule has 1 aliphatic heterocycles. The minimum absolute atomic E-state index is 0.0873. The average Bonchev–Trinajstić information content (AvgIpc) is 3.23. The van der Waals surface area contributed by atoms with E-state index in [0.29, 0.717) is 42.1 Å². The zero-order chi connectivity index (χ0) is 15.2. The lowest BCUT2D eigenvalue weighted by Gasteiger charge is -2.36. The van der Waals surface area contributed by atoms with Crippen molar-refractivity contribution in [2.75, 3.05) is 23.7 Å². The molecule has 3 N–H and O–H groups in total. The Morgan fingerprint density at radius 1 is 1.48 bits per heavy atom. The Morgan fingerprint density at radius 3 is 2.62 bits per heavy atom. The predicted octanol–water partition coefficient (Wildman–Crippen LogP) is 2.15. The first-order chi connectivity index (χ1) is 9.93. The van der Waals surface area contributed by atoms with Gasteiger partial charge < -0.3 is 15.7 Å². The van der Waals surface area contributed by atoms with Crippen LogP contribution >= 0.6 is 11.3 Å². The number of nitriles is 1. The number of carbonyl (C=O) groups excluding carboxylic acids is 1. The summed E-state index contributed by atoms with van der Waals surface area (Å²) >= 11 is 1.34. The molecular formula is C15H19N3O2S. The van der Waals surface area contributed by atoms with Crippen LogP contribution in [0.5, 0.6) is 0 Å². The van der Waals surface area contributed by atoms with Crippen LogP contribution in [0.1, 0.15) is 47.8 Å². The summed E-state index contributed by atoms with van der Waals surface area (Å²) in [4.78, 5) is 14.9. The van der Waals surface area contributed by atoms with Gasteiger partial charge in [0.1, 0.15) is 16.6 Å². The van der Waals surface area contributed by atoms with Crippen molar-refractivity contribution in [2.24, 2.45) is 5.92 Å². The maximum Gasteiger partial charge on any atom is 0.178 e. The summed E-state index contributed by atoms with van der Waals surface area (Å²) in [5, 5.41) is 20.2. The number of piperidine rings is 1. The molecule has 21 heavy (non-hydrogen) atoms. The van der Waals surface area contributed by atoms with E-state index in [1.54, 1.807) is 0 Å². The van der Waals surface area contributed by atoms with Gasteiger partial charge in [-0.2, -0.15) is 5.26 Å². The van der Waals surface area contributed by atoms with Crippen molar-refractivity contribution in [2.45, 2.75) is 38.2 Å². The second-order valence-electron chi connectivity index (χ2n) is 6.26. The molecule has 0 spiro atoms. The number of thiophene rings is 1. The molecule has 5 nitrogen and oxygen atoms in total. The van der Waals surface area contributed by atoms with Gasteiger partial charge in [0.25, 0.3) is 0 Å². The molecule has 1 saturated heterocycles. The number of anilines is 2. The van der Waals surface area contributed by atoms with Gasteiger partial charge in [-0.3, -0.25) is 4.79 Å². The molecule has 0 radical (unpaired) electrons. The van der Waals surface area contributed by atoms with E-state index in [4.69, 9.17) is 5.73 Å². The van der Waals surface area contributed by atoms with Gasteiger partial charge in [-0.1, -0.05) is 0 Å². The van der Waals surface area contributed by atoms with Crippen molar-refractivity contribution in [1.82, 2.24) is 0 Å². The first-order valence-electron chi connectivity index (χ1n) is 7.27. The third-order valence-electron chi connectivity index (χ3n) is 4.34. The molecule has 3 rings (SSSR count). The number of hydrogen-bond donors (Lipinski definition) is 2. The topological polar surface area (TPSA) is 90.3 Å². The molecule has 1 aromatic heterocycles. The van der Waals surface area contributed by atoms with E-state index in [-0.39, 0.29) is 11.7 Å². The lowest BCUT2D eigenvalue weighted by atomic mass is 9.94. The van der Waals surface area contributed by atoms with Crippen molar-refractivity contribution in [3.05, 3.63) is 10.4 Å². The number of ketones is 1. The van der Waals surface area contributed by atoms with E-state index in [2.05, 4.69) is 11.0 Å². The molecule has 1 aliphatic carbocycles. The molecule has 112 valence electrons. The maximum atomic E-state index is 12.3. The first kappa shape index (κ1) is 14.4. The van der Waals surface area contributed by atoms with Gasteiger partial charge >= 0.3 is 0 Å². The third-order valence-corrected chi connectivity index (χ3v) is 5.62.